The molecule has 2 N–H and O–H groups in total. The Labute approximate surface area is 95.2 Å². The van der Waals surface area contributed by atoms with Crippen molar-refractivity contribution in [2.45, 2.75) is 36.0 Å². The first kappa shape index (κ1) is 10.8. The summed E-state index contributed by atoms with van der Waals surface area (Å²) in [5.41, 5.74) is 7.47. The van der Waals surface area contributed by atoms with Gasteiger partial charge < -0.3 is 10.5 Å². The number of fused-ring (bicyclic) bond motifs is 1. The molecule has 1 aliphatic rings. The summed E-state index contributed by atoms with van der Waals surface area (Å²) in [6.07, 6.45) is 2.37. The van der Waals surface area contributed by atoms with Gasteiger partial charge >= 0.3 is 0 Å². The number of ether oxygens (including phenoxy) is 1. The lowest BCUT2D eigenvalue weighted by Crippen LogP contribution is -2.18. The third-order valence-corrected chi connectivity index (χ3v) is 4.29. The molecule has 0 fully saturated rings. The fourth-order valence-corrected chi connectivity index (χ4v) is 3.43. The highest BCUT2D eigenvalue weighted by Crippen LogP contribution is 2.45. The van der Waals surface area contributed by atoms with Gasteiger partial charge in [0.05, 0.1) is 7.11 Å². The molecule has 1 aromatic rings. The predicted octanol–water partition coefficient (Wildman–Crippen LogP) is 2.97. The molecule has 3 heteroatoms. The monoisotopic (exact) mass is 223 g/mol. The lowest BCUT2D eigenvalue weighted by Gasteiger charge is -2.13. The summed E-state index contributed by atoms with van der Waals surface area (Å²) in [5, 5.41) is 0.539. The maximum absolute atomic E-state index is 6.22. The topological polar surface area (TPSA) is 35.2 Å². The molecule has 0 aliphatic carbocycles. The predicted molar refractivity (Wildman–Crippen MR) is 64.5 cm³/mol. The number of methoxy groups -OCH3 is 1. The van der Waals surface area contributed by atoms with Gasteiger partial charge in [0.25, 0.3) is 0 Å². The van der Waals surface area contributed by atoms with E-state index in [0.29, 0.717) is 5.25 Å². The van der Waals surface area contributed by atoms with Crippen LogP contribution in [0.1, 0.15) is 31.4 Å². The minimum absolute atomic E-state index is 0.167. The third kappa shape index (κ3) is 1.99. The largest absolute Gasteiger partial charge is 0.497 e. The third-order valence-electron chi connectivity index (χ3n) is 2.83. The van der Waals surface area contributed by atoms with Crippen LogP contribution in [0.3, 0.4) is 0 Å². The van der Waals surface area contributed by atoms with Crippen molar-refractivity contribution in [3.63, 3.8) is 0 Å². The molecule has 2 unspecified atom stereocenters. The first-order chi connectivity index (χ1) is 7.26. The average Bonchev–Trinajstić information content (AvgIpc) is 2.56. The van der Waals surface area contributed by atoms with Gasteiger partial charge in [-0.2, -0.15) is 0 Å². The minimum atomic E-state index is 0.167. The summed E-state index contributed by atoms with van der Waals surface area (Å²) in [4.78, 5) is 1.32. The number of nitrogens with two attached hydrogens (primary N) is 1. The van der Waals surface area contributed by atoms with Crippen LogP contribution in [0.4, 0.5) is 0 Å². The summed E-state index contributed by atoms with van der Waals surface area (Å²) in [7, 11) is 1.69. The first-order valence-electron chi connectivity index (χ1n) is 5.36. The van der Waals surface area contributed by atoms with E-state index in [1.165, 1.54) is 23.3 Å². The smallest absolute Gasteiger partial charge is 0.119 e. The Morgan fingerprint density at radius 3 is 2.93 bits per heavy atom. The Bertz CT molecular complexity index is 353. The molecule has 0 saturated heterocycles. The van der Waals surface area contributed by atoms with Crippen molar-refractivity contribution < 1.29 is 4.74 Å². The quantitative estimate of drug-likeness (QED) is 0.855. The van der Waals surface area contributed by atoms with Gasteiger partial charge in [-0.05, 0) is 30.2 Å². The van der Waals surface area contributed by atoms with Crippen molar-refractivity contribution in [1.29, 1.82) is 0 Å². The van der Waals surface area contributed by atoms with Crippen LogP contribution in [0.15, 0.2) is 23.1 Å². The Morgan fingerprint density at radius 2 is 2.27 bits per heavy atom. The van der Waals surface area contributed by atoms with E-state index in [9.17, 15) is 0 Å². The molecular formula is C12H17NOS. The molecule has 1 aliphatic heterocycles. The molecule has 0 aromatic heterocycles. The van der Waals surface area contributed by atoms with Crippen LogP contribution in [0.2, 0.25) is 0 Å². The summed E-state index contributed by atoms with van der Waals surface area (Å²) in [6, 6.07) is 6.37. The molecule has 82 valence electrons. The normalized spacial score (nSPS) is 23.9. The van der Waals surface area contributed by atoms with Crippen molar-refractivity contribution in [3.05, 3.63) is 23.8 Å². The zero-order valence-corrected chi connectivity index (χ0v) is 10.0. The van der Waals surface area contributed by atoms with Crippen LogP contribution in [-0.4, -0.2) is 12.4 Å². The van der Waals surface area contributed by atoms with Crippen molar-refractivity contribution in [1.82, 2.24) is 0 Å². The molecule has 0 radical (unpaired) electrons. The molecule has 2 nitrogen and oxygen atoms in total. The van der Waals surface area contributed by atoms with Gasteiger partial charge in [0.2, 0.25) is 0 Å². The van der Waals surface area contributed by atoms with Gasteiger partial charge in [-0.15, -0.1) is 11.8 Å². The second-order valence-electron chi connectivity index (χ2n) is 3.87. The Hall–Kier alpha value is -0.670. The van der Waals surface area contributed by atoms with E-state index in [1.54, 1.807) is 7.11 Å². The van der Waals surface area contributed by atoms with Gasteiger partial charge in [0.1, 0.15) is 5.75 Å². The zero-order valence-electron chi connectivity index (χ0n) is 9.19. The van der Waals surface area contributed by atoms with E-state index in [0.717, 1.165) is 5.75 Å². The first-order valence-corrected chi connectivity index (χ1v) is 6.24. The van der Waals surface area contributed by atoms with Crippen LogP contribution < -0.4 is 10.5 Å². The fraction of sp³-hybridized carbons (Fsp3) is 0.500. The van der Waals surface area contributed by atoms with Crippen molar-refractivity contribution in [3.8, 4) is 5.75 Å². The highest BCUT2D eigenvalue weighted by Gasteiger charge is 2.29. The average molecular weight is 223 g/mol. The standard InChI is InChI=1S/C12H17NOS/c1-3-4-11-12(13)9-7-8(14-2)5-6-10(9)15-11/h5-7,11-12H,3-4,13H2,1-2H3. The second-order valence-corrected chi connectivity index (χ2v) is 5.16. The summed E-state index contributed by atoms with van der Waals surface area (Å²) in [6.45, 7) is 2.21. The number of thioether (sulfide) groups is 1. The summed E-state index contributed by atoms with van der Waals surface area (Å²) >= 11 is 1.91. The van der Waals surface area contributed by atoms with Crippen LogP contribution in [0.25, 0.3) is 0 Å². The van der Waals surface area contributed by atoms with Crippen LogP contribution >= 0.6 is 11.8 Å². The number of hydrogen-bond donors (Lipinski definition) is 1. The molecule has 2 atom stereocenters. The maximum Gasteiger partial charge on any atom is 0.119 e. The zero-order chi connectivity index (χ0) is 10.8. The minimum Gasteiger partial charge on any atom is -0.497 e. The molecule has 15 heavy (non-hydrogen) atoms. The van der Waals surface area contributed by atoms with Crippen molar-refractivity contribution >= 4 is 11.8 Å². The van der Waals surface area contributed by atoms with Gasteiger partial charge in [-0.25, -0.2) is 0 Å². The summed E-state index contributed by atoms with van der Waals surface area (Å²) < 4.78 is 5.22. The number of benzene rings is 1. The van der Waals surface area contributed by atoms with Crippen LogP contribution in [0, 0.1) is 0 Å². The molecule has 0 saturated carbocycles. The Morgan fingerprint density at radius 1 is 1.47 bits per heavy atom. The van der Waals surface area contributed by atoms with E-state index >= 15 is 0 Å². The van der Waals surface area contributed by atoms with Gasteiger partial charge in [0, 0.05) is 16.2 Å². The highest BCUT2D eigenvalue weighted by molar-refractivity contribution is 8.00. The molecule has 0 amide bonds. The Kier molecular flexibility index (Phi) is 3.22. The van der Waals surface area contributed by atoms with E-state index in [4.69, 9.17) is 10.5 Å². The van der Waals surface area contributed by atoms with Gasteiger partial charge in [-0.3, -0.25) is 0 Å². The molecule has 0 bridgehead atoms. The molecule has 1 aromatic carbocycles. The second kappa shape index (κ2) is 4.45. The highest BCUT2D eigenvalue weighted by atomic mass is 32.2. The van der Waals surface area contributed by atoms with Crippen LogP contribution in [-0.2, 0) is 0 Å². The lowest BCUT2D eigenvalue weighted by molar-refractivity contribution is 0.413. The van der Waals surface area contributed by atoms with Gasteiger partial charge in [0.15, 0.2) is 0 Å². The Balaban J connectivity index is 2.25. The SMILES string of the molecule is CCCC1Sc2ccc(OC)cc2C1N. The van der Waals surface area contributed by atoms with Gasteiger partial charge in [-0.1, -0.05) is 13.3 Å². The molecular weight excluding hydrogens is 206 g/mol. The fourth-order valence-electron chi connectivity index (χ4n) is 1.98. The lowest BCUT2D eigenvalue weighted by atomic mass is 10.0. The summed E-state index contributed by atoms with van der Waals surface area (Å²) in [5.74, 6) is 0.905. The van der Waals surface area contributed by atoms with E-state index < -0.39 is 0 Å². The molecule has 2 rings (SSSR count). The van der Waals surface area contributed by atoms with Crippen LogP contribution in [0.5, 0.6) is 5.75 Å². The maximum atomic E-state index is 6.22. The number of hydrogen-bond acceptors (Lipinski definition) is 3. The van der Waals surface area contributed by atoms with E-state index in [-0.39, 0.29) is 6.04 Å². The van der Waals surface area contributed by atoms with Crippen molar-refractivity contribution in [2.75, 3.05) is 7.11 Å². The van der Waals surface area contributed by atoms with Crippen molar-refractivity contribution in [2.24, 2.45) is 5.73 Å². The molecule has 0 spiro atoms. The number of rotatable bonds is 3. The molecule has 1 heterocycles. The van der Waals surface area contributed by atoms with E-state index in [1.807, 2.05) is 17.8 Å². The van der Waals surface area contributed by atoms with E-state index in [2.05, 4.69) is 19.1 Å².